The lowest BCUT2D eigenvalue weighted by atomic mass is 9.87. The number of aryl methyl sites for hydroxylation is 1. The molecule has 0 spiro atoms. The summed E-state index contributed by atoms with van der Waals surface area (Å²) in [6.07, 6.45) is 2.51. The van der Waals surface area contributed by atoms with E-state index in [0.29, 0.717) is 0 Å². The first-order valence-electron chi connectivity index (χ1n) is 8.81. The highest BCUT2D eigenvalue weighted by atomic mass is 16.3. The van der Waals surface area contributed by atoms with Gasteiger partial charge >= 0.3 is 0 Å². The Balaban J connectivity index is 1.91. The number of anilines is 2. The van der Waals surface area contributed by atoms with E-state index in [4.69, 9.17) is 0 Å². The Morgan fingerprint density at radius 1 is 1.29 bits per heavy atom. The summed E-state index contributed by atoms with van der Waals surface area (Å²) in [5.41, 5.74) is 3.06. The van der Waals surface area contributed by atoms with Crippen LogP contribution in [0, 0.1) is 12.3 Å². The van der Waals surface area contributed by atoms with Crippen LogP contribution in [-0.4, -0.2) is 43.3 Å². The molecule has 1 fully saturated rings. The summed E-state index contributed by atoms with van der Waals surface area (Å²) in [5.74, 6) is -0.0882. The van der Waals surface area contributed by atoms with Gasteiger partial charge in [0, 0.05) is 30.5 Å². The zero-order valence-corrected chi connectivity index (χ0v) is 15.4. The summed E-state index contributed by atoms with van der Waals surface area (Å²) in [5, 5.41) is 15.5. The van der Waals surface area contributed by atoms with Gasteiger partial charge < -0.3 is 20.6 Å². The van der Waals surface area contributed by atoms with Gasteiger partial charge in [-0.3, -0.25) is 4.79 Å². The largest absolute Gasteiger partial charge is 0.395 e. The molecule has 0 aromatic heterocycles. The maximum absolute atomic E-state index is 12.2. The second kappa shape index (κ2) is 7.99. The summed E-state index contributed by atoms with van der Waals surface area (Å²) in [7, 11) is 0. The molecule has 2 rings (SSSR count). The molecule has 0 unspecified atom stereocenters. The van der Waals surface area contributed by atoms with Crippen molar-refractivity contribution in [3.8, 4) is 0 Å². The third-order valence-corrected chi connectivity index (χ3v) is 4.69. The molecule has 0 radical (unpaired) electrons. The van der Waals surface area contributed by atoms with Crippen molar-refractivity contribution in [3.05, 3.63) is 23.8 Å². The van der Waals surface area contributed by atoms with Gasteiger partial charge in [0.15, 0.2) is 0 Å². The van der Waals surface area contributed by atoms with E-state index < -0.39 is 0 Å². The van der Waals surface area contributed by atoms with Crippen LogP contribution in [0.15, 0.2) is 18.2 Å². The van der Waals surface area contributed by atoms with Gasteiger partial charge in [-0.25, -0.2) is 0 Å². The number of amides is 1. The lowest BCUT2D eigenvalue weighted by molar-refractivity contribution is -0.115. The number of carbonyl (C=O) groups is 1. The number of carbonyl (C=O) groups excluding carboxylic acids is 1. The quantitative estimate of drug-likeness (QED) is 0.748. The number of nitrogens with one attached hydrogen (secondary N) is 2. The topological polar surface area (TPSA) is 64.6 Å². The maximum Gasteiger partial charge on any atom is 0.238 e. The lowest BCUT2D eigenvalue weighted by Crippen LogP contribution is -2.46. The minimum Gasteiger partial charge on any atom is -0.395 e. The van der Waals surface area contributed by atoms with Gasteiger partial charge in [-0.05, 0) is 48.9 Å². The molecule has 1 aromatic carbocycles. The van der Waals surface area contributed by atoms with Crippen molar-refractivity contribution >= 4 is 17.3 Å². The van der Waals surface area contributed by atoms with Gasteiger partial charge in [0.1, 0.15) is 0 Å². The Morgan fingerprint density at radius 2 is 1.96 bits per heavy atom. The van der Waals surface area contributed by atoms with Crippen molar-refractivity contribution in [3.63, 3.8) is 0 Å². The fourth-order valence-corrected chi connectivity index (χ4v) is 3.02. The van der Waals surface area contributed by atoms with E-state index in [1.807, 2.05) is 33.8 Å². The van der Waals surface area contributed by atoms with Crippen molar-refractivity contribution in [1.82, 2.24) is 5.32 Å². The second-order valence-corrected chi connectivity index (χ2v) is 7.72. The Labute approximate surface area is 145 Å². The summed E-state index contributed by atoms with van der Waals surface area (Å²) >= 11 is 0. The normalized spacial score (nSPS) is 16.3. The Hall–Kier alpha value is -1.59. The van der Waals surface area contributed by atoms with Crippen LogP contribution in [0.4, 0.5) is 11.4 Å². The first-order valence-corrected chi connectivity index (χ1v) is 8.81. The summed E-state index contributed by atoms with van der Waals surface area (Å²) in [6.45, 7) is 10.6. The van der Waals surface area contributed by atoms with Crippen LogP contribution in [0.3, 0.4) is 0 Å². The number of aliphatic hydroxyl groups is 1. The summed E-state index contributed by atoms with van der Waals surface area (Å²) < 4.78 is 0. The third-order valence-electron chi connectivity index (χ3n) is 4.69. The molecular weight excluding hydrogens is 302 g/mol. The van der Waals surface area contributed by atoms with Crippen molar-refractivity contribution in [2.75, 3.05) is 36.5 Å². The molecule has 5 heteroatoms. The zero-order valence-electron chi connectivity index (χ0n) is 15.4. The van der Waals surface area contributed by atoms with E-state index in [1.165, 1.54) is 18.5 Å². The monoisotopic (exact) mass is 333 g/mol. The van der Waals surface area contributed by atoms with E-state index in [1.54, 1.807) is 0 Å². The molecule has 1 heterocycles. The molecule has 134 valence electrons. The Morgan fingerprint density at radius 3 is 2.50 bits per heavy atom. The highest BCUT2D eigenvalue weighted by molar-refractivity contribution is 5.93. The molecular formula is C19H31N3O2. The molecule has 0 saturated carbocycles. The van der Waals surface area contributed by atoms with E-state index in [2.05, 4.69) is 27.7 Å². The molecule has 5 nitrogen and oxygen atoms in total. The molecule has 3 N–H and O–H groups in total. The number of hydrogen-bond donors (Lipinski definition) is 3. The van der Waals surface area contributed by atoms with Crippen molar-refractivity contribution < 1.29 is 9.90 Å². The van der Waals surface area contributed by atoms with Gasteiger partial charge in [-0.1, -0.05) is 20.8 Å². The smallest absolute Gasteiger partial charge is 0.238 e. The molecule has 1 amide bonds. The number of aliphatic hydroxyl groups excluding tert-OH is 1. The van der Waals surface area contributed by atoms with Crippen LogP contribution >= 0.6 is 0 Å². The highest BCUT2D eigenvalue weighted by Gasteiger charge is 2.24. The first kappa shape index (κ1) is 18.7. The number of benzene rings is 1. The molecule has 1 atom stereocenters. The zero-order chi connectivity index (χ0) is 17.7. The van der Waals surface area contributed by atoms with E-state index >= 15 is 0 Å². The van der Waals surface area contributed by atoms with Crippen LogP contribution in [0.5, 0.6) is 0 Å². The van der Waals surface area contributed by atoms with Gasteiger partial charge in [0.05, 0.1) is 13.2 Å². The molecule has 1 saturated heterocycles. The molecule has 0 aliphatic carbocycles. The number of rotatable bonds is 6. The minimum absolute atomic E-state index is 0.0142. The fourth-order valence-electron chi connectivity index (χ4n) is 3.02. The van der Waals surface area contributed by atoms with Crippen LogP contribution in [-0.2, 0) is 4.79 Å². The minimum atomic E-state index is -0.109. The van der Waals surface area contributed by atoms with Gasteiger partial charge in [0.25, 0.3) is 0 Å². The predicted molar refractivity (Wildman–Crippen MR) is 99.6 cm³/mol. The SMILES string of the molecule is Cc1cc(N2CCCC2)ccc1NC(=O)CN[C@@H](CO)C(C)(C)C. The van der Waals surface area contributed by atoms with Gasteiger partial charge in [0.2, 0.25) is 5.91 Å². The first-order chi connectivity index (χ1) is 11.3. The van der Waals surface area contributed by atoms with Crippen LogP contribution in [0.2, 0.25) is 0 Å². The van der Waals surface area contributed by atoms with Crippen LogP contribution < -0.4 is 15.5 Å². The Kier molecular flexibility index (Phi) is 6.24. The average Bonchev–Trinajstić information content (AvgIpc) is 3.03. The summed E-state index contributed by atoms with van der Waals surface area (Å²) in [6, 6.07) is 6.09. The Bertz CT molecular complexity index is 560. The predicted octanol–water partition coefficient (Wildman–Crippen LogP) is 2.53. The van der Waals surface area contributed by atoms with Gasteiger partial charge in [-0.15, -0.1) is 0 Å². The standard InChI is InChI=1S/C19H31N3O2/c1-14-11-15(22-9-5-6-10-22)7-8-16(14)21-18(24)12-20-17(13-23)19(2,3)4/h7-8,11,17,20,23H,5-6,9-10,12-13H2,1-4H3,(H,21,24)/t17-/m0/s1. The number of nitrogens with zero attached hydrogens (tertiary/aromatic N) is 1. The maximum atomic E-state index is 12.2. The molecule has 0 bridgehead atoms. The number of hydrogen-bond acceptors (Lipinski definition) is 4. The third kappa shape index (κ3) is 4.95. The van der Waals surface area contributed by atoms with E-state index in [0.717, 1.165) is 24.3 Å². The average molecular weight is 333 g/mol. The second-order valence-electron chi connectivity index (χ2n) is 7.72. The highest BCUT2D eigenvalue weighted by Crippen LogP contribution is 2.25. The molecule has 1 aliphatic rings. The van der Waals surface area contributed by atoms with Crippen molar-refractivity contribution in [2.45, 2.75) is 46.6 Å². The summed E-state index contributed by atoms with van der Waals surface area (Å²) in [4.78, 5) is 14.6. The molecule has 1 aliphatic heterocycles. The van der Waals surface area contributed by atoms with Crippen LogP contribution in [0.1, 0.15) is 39.2 Å². The van der Waals surface area contributed by atoms with Gasteiger partial charge in [-0.2, -0.15) is 0 Å². The molecule has 1 aromatic rings. The van der Waals surface area contributed by atoms with Crippen LogP contribution in [0.25, 0.3) is 0 Å². The van der Waals surface area contributed by atoms with Crippen molar-refractivity contribution in [2.24, 2.45) is 5.41 Å². The van der Waals surface area contributed by atoms with Crippen molar-refractivity contribution in [1.29, 1.82) is 0 Å². The molecule has 24 heavy (non-hydrogen) atoms. The van der Waals surface area contributed by atoms with E-state index in [9.17, 15) is 9.90 Å². The van der Waals surface area contributed by atoms with E-state index in [-0.39, 0.29) is 30.5 Å². The fraction of sp³-hybridized carbons (Fsp3) is 0.632. The lowest BCUT2D eigenvalue weighted by Gasteiger charge is -2.29.